The van der Waals surface area contributed by atoms with Gasteiger partial charge in [-0.25, -0.2) is 8.42 Å². The Bertz CT molecular complexity index is 885. The summed E-state index contributed by atoms with van der Waals surface area (Å²) in [5.41, 5.74) is 2.02. The van der Waals surface area contributed by atoms with Gasteiger partial charge in [0.2, 0.25) is 9.84 Å². The molecule has 27 heavy (non-hydrogen) atoms. The number of unbranched alkanes of at least 4 members (excludes halogenated alkanes) is 1. The Morgan fingerprint density at radius 1 is 0.852 bits per heavy atom. The van der Waals surface area contributed by atoms with Gasteiger partial charge in [-0.1, -0.05) is 34.1 Å². The number of benzene rings is 2. The zero-order valence-corrected chi connectivity index (χ0v) is 17.5. The maximum atomic E-state index is 13.4. The summed E-state index contributed by atoms with van der Waals surface area (Å²) in [5.74, 6) is 0.860. The lowest BCUT2D eigenvalue weighted by Crippen LogP contribution is -2.09. The van der Waals surface area contributed by atoms with Gasteiger partial charge < -0.3 is 9.84 Å². The predicted molar refractivity (Wildman–Crippen MR) is 109 cm³/mol. The summed E-state index contributed by atoms with van der Waals surface area (Å²) >= 11 is 0. The van der Waals surface area contributed by atoms with Crippen LogP contribution in [0.5, 0.6) is 11.5 Å². The summed E-state index contributed by atoms with van der Waals surface area (Å²) in [7, 11) is -3.68. The fourth-order valence-corrected chi connectivity index (χ4v) is 4.98. The van der Waals surface area contributed by atoms with E-state index in [1.807, 2.05) is 26.8 Å². The van der Waals surface area contributed by atoms with Crippen LogP contribution in [0.2, 0.25) is 0 Å². The third-order valence-corrected chi connectivity index (χ3v) is 6.72. The first-order valence-electron chi connectivity index (χ1n) is 9.74. The molecule has 0 atom stereocenters. The summed E-state index contributed by atoms with van der Waals surface area (Å²) < 4.78 is 32.6. The molecule has 0 aliphatic rings. The van der Waals surface area contributed by atoms with E-state index in [0.29, 0.717) is 47.6 Å². The Morgan fingerprint density at radius 2 is 1.48 bits per heavy atom. The smallest absolute Gasteiger partial charge is 0.207 e. The molecule has 0 heterocycles. The van der Waals surface area contributed by atoms with Crippen LogP contribution >= 0.6 is 0 Å². The van der Waals surface area contributed by atoms with E-state index in [4.69, 9.17) is 4.74 Å². The zero-order chi connectivity index (χ0) is 20.0. The van der Waals surface area contributed by atoms with Crippen LogP contribution in [0, 0.1) is 0 Å². The normalized spacial score (nSPS) is 11.6. The molecule has 0 aliphatic heterocycles. The minimum Gasteiger partial charge on any atom is -0.508 e. The van der Waals surface area contributed by atoms with Crippen molar-refractivity contribution in [1.29, 1.82) is 0 Å². The first kappa shape index (κ1) is 21.3. The number of sulfone groups is 1. The molecule has 0 amide bonds. The van der Waals surface area contributed by atoms with Gasteiger partial charge in [-0.15, -0.1) is 0 Å². The largest absolute Gasteiger partial charge is 0.508 e. The topological polar surface area (TPSA) is 63.6 Å². The number of phenols is 1. The second kappa shape index (κ2) is 9.27. The first-order chi connectivity index (χ1) is 12.9. The second-order valence-corrected chi connectivity index (χ2v) is 8.51. The highest BCUT2D eigenvalue weighted by molar-refractivity contribution is 7.91. The van der Waals surface area contributed by atoms with Gasteiger partial charge in [0.25, 0.3) is 0 Å². The standard InChI is InChI=1S/C22H30O4S/c1-5-9-12-26-19-10-11-21(17(7-3)13-19)27(24,25)22-15-16(6-2)20(23)14-18(22)8-4/h10-11,13-15,23H,5-9,12H2,1-4H3. The average Bonchev–Trinajstić information content (AvgIpc) is 2.67. The quantitative estimate of drug-likeness (QED) is 0.606. The van der Waals surface area contributed by atoms with Crippen molar-refractivity contribution in [3.63, 3.8) is 0 Å². The molecule has 1 N–H and O–H groups in total. The van der Waals surface area contributed by atoms with Crippen molar-refractivity contribution in [2.45, 2.75) is 69.6 Å². The van der Waals surface area contributed by atoms with Gasteiger partial charge in [-0.05, 0) is 72.7 Å². The molecule has 2 aromatic carbocycles. The van der Waals surface area contributed by atoms with Gasteiger partial charge in [0.1, 0.15) is 11.5 Å². The fraction of sp³-hybridized carbons (Fsp3) is 0.455. The van der Waals surface area contributed by atoms with Crippen LogP contribution in [-0.2, 0) is 29.1 Å². The molecule has 0 spiro atoms. The maximum Gasteiger partial charge on any atom is 0.207 e. The second-order valence-electron chi connectivity index (χ2n) is 6.62. The van der Waals surface area contributed by atoms with Gasteiger partial charge in [0, 0.05) is 0 Å². The lowest BCUT2D eigenvalue weighted by molar-refractivity contribution is 0.309. The van der Waals surface area contributed by atoms with Crippen LogP contribution < -0.4 is 4.74 Å². The van der Waals surface area contributed by atoms with Gasteiger partial charge in [0.15, 0.2) is 0 Å². The van der Waals surface area contributed by atoms with E-state index in [2.05, 4.69) is 6.92 Å². The number of aromatic hydroxyl groups is 1. The molecular formula is C22H30O4S. The van der Waals surface area contributed by atoms with Crippen molar-refractivity contribution < 1.29 is 18.3 Å². The third-order valence-electron chi connectivity index (χ3n) is 4.78. The first-order valence-corrected chi connectivity index (χ1v) is 11.2. The van der Waals surface area contributed by atoms with E-state index in [0.717, 1.165) is 18.4 Å². The van der Waals surface area contributed by atoms with Crippen molar-refractivity contribution in [3.8, 4) is 11.5 Å². The molecule has 2 rings (SSSR count). The molecule has 0 fully saturated rings. The Morgan fingerprint density at radius 3 is 2.07 bits per heavy atom. The number of ether oxygens (including phenoxy) is 1. The van der Waals surface area contributed by atoms with E-state index in [-0.39, 0.29) is 10.6 Å². The van der Waals surface area contributed by atoms with Crippen molar-refractivity contribution in [1.82, 2.24) is 0 Å². The van der Waals surface area contributed by atoms with Crippen LogP contribution in [0.4, 0.5) is 0 Å². The SMILES string of the molecule is CCCCOc1ccc(S(=O)(=O)c2cc(CC)c(O)cc2CC)c(CC)c1. The predicted octanol–water partition coefficient (Wildman–Crippen LogP) is 5.09. The van der Waals surface area contributed by atoms with Crippen LogP contribution in [0.25, 0.3) is 0 Å². The van der Waals surface area contributed by atoms with Gasteiger partial charge in [-0.2, -0.15) is 0 Å². The molecular weight excluding hydrogens is 360 g/mol. The Hall–Kier alpha value is -2.01. The Balaban J connectivity index is 2.53. The van der Waals surface area contributed by atoms with E-state index in [1.54, 1.807) is 24.3 Å². The molecule has 4 nitrogen and oxygen atoms in total. The third kappa shape index (κ3) is 4.64. The van der Waals surface area contributed by atoms with Crippen molar-refractivity contribution in [2.24, 2.45) is 0 Å². The van der Waals surface area contributed by atoms with Gasteiger partial charge in [0.05, 0.1) is 16.4 Å². The minimum atomic E-state index is -3.68. The highest BCUT2D eigenvalue weighted by Gasteiger charge is 2.25. The number of phenolic OH excluding ortho intramolecular Hbond substituents is 1. The lowest BCUT2D eigenvalue weighted by Gasteiger charge is -2.16. The van der Waals surface area contributed by atoms with Crippen molar-refractivity contribution >= 4 is 9.84 Å². The van der Waals surface area contributed by atoms with Crippen LogP contribution in [0.15, 0.2) is 40.1 Å². The van der Waals surface area contributed by atoms with Crippen LogP contribution in [0.1, 0.15) is 57.2 Å². The van der Waals surface area contributed by atoms with Crippen LogP contribution in [0.3, 0.4) is 0 Å². The summed E-state index contributed by atoms with van der Waals surface area (Å²) in [4.78, 5) is 0.601. The Labute approximate surface area is 163 Å². The molecule has 0 aromatic heterocycles. The molecule has 0 saturated heterocycles. The highest BCUT2D eigenvalue weighted by Crippen LogP contribution is 2.33. The molecule has 0 radical (unpaired) electrons. The molecule has 5 heteroatoms. The van der Waals surface area contributed by atoms with Gasteiger partial charge in [-0.3, -0.25) is 0 Å². The molecule has 0 unspecified atom stereocenters. The number of rotatable bonds is 9. The molecule has 148 valence electrons. The minimum absolute atomic E-state index is 0.156. The highest BCUT2D eigenvalue weighted by atomic mass is 32.2. The summed E-state index contributed by atoms with van der Waals surface area (Å²) in [6.45, 7) is 8.47. The molecule has 0 saturated carbocycles. The van der Waals surface area contributed by atoms with E-state index < -0.39 is 9.84 Å². The number of aryl methyl sites for hydroxylation is 3. The molecule has 0 bridgehead atoms. The average molecular weight is 391 g/mol. The zero-order valence-electron chi connectivity index (χ0n) is 16.7. The maximum absolute atomic E-state index is 13.4. The van der Waals surface area contributed by atoms with Crippen LogP contribution in [-0.4, -0.2) is 20.1 Å². The van der Waals surface area contributed by atoms with E-state index in [1.165, 1.54) is 0 Å². The summed E-state index contributed by atoms with van der Waals surface area (Å²) in [6, 6.07) is 8.41. The monoisotopic (exact) mass is 390 g/mol. The van der Waals surface area contributed by atoms with Gasteiger partial charge >= 0.3 is 0 Å². The van der Waals surface area contributed by atoms with Crippen molar-refractivity contribution in [2.75, 3.05) is 6.61 Å². The molecule has 2 aromatic rings. The summed E-state index contributed by atoms with van der Waals surface area (Å²) in [5, 5.41) is 10.1. The van der Waals surface area contributed by atoms with Crippen molar-refractivity contribution in [3.05, 3.63) is 47.0 Å². The lowest BCUT2D eigenvalue weighted by atomic mass is 10.1. The Kier molecular flexibility index (Phi) is 7.31. The number of hydrogen-bond donors (Lipinski definition) is 1. The van der Waals surface area contributed by atoms with E-state index in [9.17, 15) is 13.5 Å². The fourth-order valence-electron chi connectivity index (χ4n) is 3.10. The molecule has 0 aliphatic carbocycles. The van der Waals surface area contributed by atoms with E-state index >= 15 is 0 Å². The number of hydrogen-bond acceptors (Lipinski definition) is 4. The summed E-state index contributed by atoms with van der Waals surface area (Å²) in [6.07, 6.45) is 3.72.